The molecule has 0 unspecified atom stereocenters. The minimum Gasteiger partial charge on any atom is -0.376 e. The van der Waals surface area contributed by atoms with Crippen molar-refractivity contribution < 1.29 is 13.2 Å². The molecule has 1 heterocycles. The summed E-state index contributed by atoms with van der Waals surface area (Å²) in [6.45, 7) is 4.24. The Labute approximate surface area is 158 Å². The first-order valence-electron chi connectivity index (χ1n) is 8.13. The van der Waals surface area contributed by atoms with E-state index in [4.69, 9.17) is 0 Å². The summed E-state index contributed by atoms with van der Waals surface area (Å²) in [5.74, 6) is 0.583. The first-order chi connectivity index (χ1) is 12.3. The molecule has 0 bridgehead atoms. The molecule has 6 nitrogen and oxygen atoms in total. The molecule has 0 saturated carbocycles. The lowest BCUT2D eigenvalue weighted by molar-refractivity contribution is -0.119. The molecule has 140 valence electrons. The molecule has 1 aromatic heterocycles. The maximum absolute atomic E-state index is 12.0. The molecular weight excluding hydrogens is 370 g/mol. The Bertz CT molecular complexity index is 869. The van der Waals surface area contributed by atoms with Crippen molar-refractivity contribution >= 4 is 33.2 Å². The quantitative estimate of drug-likeness (QED) is 0.529. The zero-order valence-corrected chi connectivity index (χ0v) is 16.7. The van der Waals surface area contributed by atoms with Crippen LogP contribution in [0.3, 0.4) is 0 Å². The average molecular weight is 394 g/mol. The van der Waals surface area contributed by atoms with Gasteiger partial charge in [0.2, 0.25) is 5.91 Å². The molecule has 2 rings (SSSR count). The molecule has 1 aromatic carbocycles. The van der Waals surface area contributed by atoms with Crippen LogP contribution in [0.4, 0.5) is 5.69 Å². The number of pyridine rings is 1. The zero-order valence-electron chi connectivity index (χ0n) is 15.1. The number of hydrogen-bond acceptors (Lipinski definition) is 6. The third-order valence-corrected chi connectivity index (χ3v) is 5.95. The van der Waals surface area contributed by atoms with Crippen LogP contribution in [0.25, 0.3) is 0 Å². The van der Waals surface area contributed by atoms with E-state index in [2.05, 4.69) is 15.6 Å². The van der Waals surface area contributed by atoms with Gasteiger partial charge in [0.1, 0.15) is 0 Å². The fraction of sp³-hybridized carbons (Fsp3) is 0.333. The van der Waals surface area contributed by atoms with Gasteiger partial charge < -0.3 is 10.6 Å². The molecule has 26 heavy (non-hydrogen) atoms. The van der Waals surface area contributed by atoms with Gasteiger partial charge in [-0.25, -0.2) is 13.4 Å². The minimum atomic E-state index is -3.30. The van der Waals surface area contributed by atoms with Crippen molar-refractivity contribution in [3.8, 4) is 0 Å². The largest absolute Gasteiger partial charge is 0.376 e. The molecule has 0 aliphatic heterocycles. The normalized spacial score (nSPS) is 11.2. The summed E-state index contributed by atoms with van der Waals surface area (Å²) < 4.78 is 23.7. The number of aryl methyl sites for hydroxylation is 1. The van der Waals surface area contributed by atoms with Crippen molar-refractivity contribution in [3.63, 3.8) is 0 Å². The van der Waals surface area contributed by atoms with Gasteiger partial charge in [0.05, 0.1) is 16.5 Å². The lowest BCUT2D eigenvalue weighted by atomic mass is 10.1. The SMILES string of the molecule is Cc1ccc(S(C)(=O)=O)c(C)c1NCC(=O)NCCSc1ccccn1. The van der Waals surface area contributed by atoms with E-state index < -0.39 is 9.84 Å². The van der Waals surface area contributed by atoms with E-state index in [1.807, 2.05) is 25.1 Å². The van der Waals surface area contributed by atoms with Crippen LogP contribution < -0.4 is 10.6 Å². The number of carbonyl (C=O) groups excluding carboxylic acids is 1. The molecule has 0 saturated heterocycles. The second kappa shape index (κ2) is 9.05. The predicted molar refractivity (Wildman–Crippen MR) is 105 cm³/mol. The van der Waals surface area contributed by atoms with Gasteiger partial charge in [0, 0.05) is 30.4 Å². The standard InChI is InChI=1S/C18H23N3O3S2/c1-13-7-8-15(26(3,23)24)14(2)18(13)21-12-16(22)19-10-11-25-17-6-4-5-9-20-17/h4-9,21H,10-12H2,1-3H3,(H,19,22). The van der Waals surface area contributed by atoms with Gasteiger partial charge in [-0.15, -0.1) is 11.8 Å². The number of thioether (sulfide) groups is 1. The number of aromatic nitrogens is 1. The number of carbonyl (C=O) groups is 1. The van der Waals surface area contributed by atoms with Gasteiger partial charge in [0.25, 0.3) is 0 Å². The van der Waals surface area contributed by atoms with Crippen molar-refractivity contribution in [1.82, 2.24) is 10.3 Å². The molecule has 0 atom stereocenters. The number of benzene rings is 1. The highest BCUT2D eigenvalue weighted by atomic mass is 32.2. The molecule has 0 aliphatic carbocycles. The van der Waals surface area contributed by atoms with Crippen LogP contribution in [-0.4, -0.2) is 44.4 Å². The topological polar surface area (TPSA) is 88.2 Å². The van der Waals surface area contributed by atoms with E-state index in [1.54, 1.807) is 37.0 Å². The third kappa shape index (κ3) is 5.74. The monoisotopic (exact) mass is 393 g/mol. The molecular formula is C18H23N3O3S2. The highest BCUT2D eigenvalue weighted by molar-refractivity contribution is 7.99. The number of anilines is 1. The lowest BCUT2D eigenvalue weighted by Gasteiger charge is -2.15. The summed E-state index contributed by atoms with van der Waals surface area (Å²) in [5, 5.41) is 6.82. The predicted octanol–water partition coefficient (Wildman–Crippen LogP) is 2.42. The van der Waals surface area contributed by atoms with Crippen LogP contribution in [0.5, 0.6) is 0 Å². The van der Waals surface area contributed by atoms with E-state index in [-0.39, 0.29) is 17.3 Å². The van der Waals surface area contributed by atoms with E-state index in [9.17, 15) is 13.2 Å². The zero-order chi connectivity index (χ0) is 19.2. The third-order valence-electron chi connectivity index (χ3n) is 3.76. The Kier molecular flexibility index (Phi) is 7.05. The number of nitrogens with one attached hydrogen (secondary N) is 2. The van der Waals surface area contributed by atoms with E-state index in [0.29, 0.717) is 17.8 Å². The Morgan fingerprint density at radius 1 is 1.19 bits per heavy atom. The highest BCUT2D eigenvalue weighted by Gasteiger charge is 2.15. The number of nitrogens with zero attached hydrogens (tertiary/aromatic N) is 1. The second-order valence-corrected chi connectivity index (χ2v) is 8.97. The molecule has 1 amide bonds. The molecule has 2 aromatic rings. The van der Waals surface area contributed by atoms with Crippen LogP contribution in [0, 0.1) is 13.8 Å². The van der Waals surface area contributed by atoms with Gasteiger partial charge in [0.15, 0.2) is 9.84 Å². The fourth-order valence-electron chi connectivity index (χ4n) is 2.51. The summed E-state index contributed by atoms with van der Waals surface area (Å²) in [6, 6.07) is 9.05. The molecule has 8 heteroatoms. The summed E-state index contributed by atoms with van der Waals surface area (Å²) in [5.41, 5.74) is 2.21. The number of sulfone groups is 1. The molecule has 0 spiro atoms. The van der Waals surface area contributed by atoms with Crippen LogP contribution in [0.15, 0.2) is 46.5 Å². The van der Waals surface area contributed by atoms with E-state index in [0.717, 1.165) is 16.3 Å². The first kappa shape index (κ1) is 20.3. The van der Waals surface area contributed by atoms with Crippen molar-refractivity contribution in [1.29, 1.82) is 0 Å². The smallest absolute Gasteiger partial charge is 0.239 e. The van der Waals surface area contributed by atoms with Crippen molar-refractivity contribution in [3.05, 3.63) is 47.7 Å². The summed E-state index contributed by atoms with van der Waals surface area (Å²) in [4.78, 5) is 16.5. The lowest BCUT2D eigenvalue weighted by Crippen LogP contribution is -2.31. The molecule has 0 radical (unpaired) electrons. The van der Waals surface area contributed by atoms with Gasteiger partial charge >= 0.3 is 0 Å². The summed E-state index contributed by atoms with van der Waals surface area (Å²) in [7, 11) is -3.30. The van der Waals surface area contributed by atoms with Crippen LogP contribution in [-0.2, 0) is 14.6 Å². The van der Waals surface area contributed by atoms with Gasteiger partial charge in [-0.05, 0) is 43.2 Å². The maximum atomic E-state index is 12.0. The van der Waals surface area contributed by atoms with Gasteiger partial charge in [-0.3, -0.25) is 4.79 Å². The first-order valence-corrected chi connectivity index (χ1v) is 11.0. The average Bonchev–Trinajstić information content (AvgIpc) is 2.58. The maximum Gasteiger partial charge on any atom is 0.239 e. The van der Waals surface area contributed by atoms with Crippen LogP contribution >= 0.6 is 11.8 Å². The van der Waals surface area contributed by atoms with E-state index in [1.165, 1.54) is 6.26 Å². The minimum absolute atomic E-state index is 0.0865. The van der Waals surface area contributed by atoms with Crippen molar-refractivity contribution in [2.24, 2.45) is 0 Å². The van der Waals surface area contributed by atoms with Gasteiger partial charge in [-0.1, -0.05) is 12.1 Å². The number of rotatable bonds is 8. The fourth-order valence-corrected chi connectivity index (χ4v) is 4.21. The number of hydrogen-bond donors (Lipinski definition) is 2. The van der Waals surface area contributed by atoms with Crippen LogP contribution in [0.2, 0.25) is 0 Å². The summed E-state index contributed by atoms with van der Waals surface area (Å²) >= 11 is 1.57. The second-order valence-electron chi connectivity index (χ2n) is 5.87. The molecule has 0 fully saturated rings. The van der Waals surface area contributed by atoms with E-state index >= 15 is 0 Å². The Morgan fingerprint density at radius 3 is 2.62 bits per heavy atom. The Balaban J connectivity index is 1.85. The summed E-state index contributed by atoms with van der Waals surface area (Å²) in [6.07, 6.45) is 2.92. The molecule has 2 N–H and O–H groups in total. The van der Waals surface area contributed by atoms with Crippen molar-refractivity contribution in [2.75, 3.05) is 30.4 Å². The Hall–Kier alpha value is -2.06. The number of amides is 1. The Morgan fingerprint density at radius 2 is 1.96 bits per heavy atom. The van der Waals surface area contributed by atoms with Crippen molar-refractivity contribution in [2.45, 2.75) is 23.8 Å². The van der Waals surface area contributed by atoms with Crippen LogP contribution in [0.1, 0.15) is 11.1 Å². The molecule has 0 aliphatic rings. The highest BCUT2D eigenvalue weighted by Crippen LogP contribution is 2.26. The van der Waals surface area contributed by atoms with Gasteiger partial charge in [-0.2, -0.15) is 0 Å².